The smallest absolute Gasteiger partial charge is 0.321 e. The number of ether oxygens (including phenoxy) is 1. The van der Waals surface area contributed by atoms with Gasteiger partial charge in [-0.2, -0.15) is 0 Å². The van der Waals surface area contributed by atoms with Crippen molar-refractivity contribution in [3.63, 3.8) is 0 Å². The number of esters is 1. The molecule has 0 amide bonds. The van der Waals surface area contributed by atoms with Crippen LogP contribution in [-0.2, 0) is 19.4 Å². The molecule has 1 N–H and O–H groups in total. The first kappa shape index (κ1) is 15.4. The zero-order valence-electron chi connectivity index (χ0n) is 11.1. The van der Waals surface area contributed by atoms with E-state index in [0.29, 0.717) is 5.92 Å². The predicted molar refractivity (Wildman–Crippen MR) is 70.1 cm³/mol. The van der Waals surface area contributed by atoms with Crippen molar-refractivity contribution >= 4 is 15.8 Å². The van der Waals surface area contributed by atoms with Crippen LogP contribution in [0.5, 0.6) is 0 Å². The Morgan fingerprint density at radius 3 is 2.50 bits per heavy atom. The normalized spacial score (nSPS) is 18.8. The molecule has 1 aliphatic carbocycles. The van der Waals surface area contributed by atoms with E-state index < -0.39 is 21.6 Å². The van der Waals surface area contributed by atoms with Crippen molar-refractivity contribution < 1.29 is 17.9 Å². The van der Waals surface area contributed by atoms with Crippen LogP contribution in [0.25, 0.3) is 0 Å². The number of carbonyl (C=O) groups excluding carboxylic acids is 1. The van der Waals surface area contributed by atoms with Crippen molar-refractivity contribution in [1.82, 2.24) is 5.32 Å². The fourth-order valence-corrected chi connectivity index (χ4v) is 4.08. The summed E-state index contributed by atoms with van der Waals surface area (Å²) >= 11 is 0. The van der Waals surface area contributed by atoms with E-state index in [-0.39, 0.29) is 18.4 Å². The van der Waals surface area contributed by atoms with Gasteiger partial charge in [-0.15, -0.1) is 0 Å². The van der Waals surface area contributed by atoms with E-state index in [2.05, 4.69) is 10.1 Å². The molecule has 1 unspecified atom stereocenters. The first-order valence-electron chi connectivity index (χ1n) is 6.52. The van der Waals surface area contributed by atoms with Crippen molar-refractivity contribution in [2.24, 2.45) is 5.92 Å². The van der Waals surface area contributed by atoms with E-state index in [1.54, 1.807) is 14.0 Å². The molecular formula is C12H23NO4S. The third kappa shape index (κ3) is 4.94. The van der Waals surface area contributed by atoms with E-state index in [4.69, 9.17) is 0 Å². The number of hydrogen-bond donors (Lipinski definition) is 1. The molecule has 6 heteroatoms. The molecule has 1 rings (SSSR count). The maximum Gasteiger partial charge on any atom is 0.321 e. The summed E-state index contributed by atoms with van der Waals surface area (Å²) in [6, 6.07) is -0.0491. The highest BCUT2D eigenvalue weighted by Crippen LogP contribution is 2.28. The van der Waals surface area contributed by atoms with Crippen molar-refractivity contribution in [3.05, 3.63) is 0 Å². The Bertz CT molecular complexity index is 360. The Morgan fingerprint density at radius 1 is 1.39 bits per heavy atom. The van der Waals surface area contributed by atoms with Gasteiger partial charge in [0.1, 0.15) is 5.75 Å². The Hall–Kier alpha value is -0.620. The lowest BCUT2D eigenvalue weighted by atomic mass is 10.0. The highest BCUT2D eigenvalue weighted by Gasteiger charge is 2.29. The summed E-state index contributed by atoms with van der Waals surface area (Å²) in [5.74, 6) is -0.732. The highest BCUT2D eigenvalue weighted by molar-refractivity contribution is 7.92. The van der Waals surface area contributed by atoms with Gasteiger partial charge in [-0.05, 0) is 32.7 Å². The first-order chi connectivity index (χ1) is 8.48. The third-order valence-electron chi connectivity index (χ3n) is 3.42. The van der Waals surface area contributed by atoms with Crippen LogP contribution in [0, 0.1) is 5.92 Å². The summed E-state index contributed by atoms with van der Waals surface area (Å²) < 4.78 is 28.5. The molecule has 1 aliphatic rings. The quantitative estimate of drug-likeness (QED) is 0.695. The molecule has 0 spiro atoms. The van der Waals surface area contributed by atoms with Crippen LogP contribution in [0.15, 0.2) is 0 Å². The van der Waals surface area contributed by atoms with Gasteiger partial charge < -0.3 is 10.1 Å². The fourth-order valence-electron chi connectivity index (χ4n) is 2.53. The van der Waals surface area contributed by atoms with Crippen LogP contribution in [0.4, 0.5) is 0 Å². The van der Waals surface area contributed by atoms with Crippen LogP contribution in [0.3, 0.4) is 0 Å². The van der Waals surface area contributed by atoms with Crippen LogP contribution in [-0.4, -0.2) is 45.6 Å². The maximum atomic E-state index is 11.9. The minimum absolute atomic E-state index is 0.0208. The van der Waals surface area contributed by atoms with Gasteiger partial charge >= 0.3 is 5.97 Å². The SMILES string of the molecule is CCOC(=O)CS(=O)(=O)CC(NC)C1CCCC1. The summed E-state index contributed by atoms with van der Waals surface area (Å²) in [4.78, 5) is 11.2. The second-order valence-corrected chi connectivity index (χ2v) is 6.91. The average molecular weight is 277 g/mol. The molecular weight excluding hydrogens is 254 g/mol. The Kier molecular flexibility index (Phi) is 6.08. The zero-order valence-corrected chi connectivity index (χ0v) is 12.0. The number of sulfone groups is 1. The second-order valence-electron chi connectivity index (χ2n) is 4.80. The van der Waals surface area contributed by atoms with Gasteiger partial charge in [0.05, 0.1) is 12.4 Å². The molecule has 1 fully saturated rings. The molecule has 0 heterocycles. The summed E-state index contributed by atoms with van der Waals surface area (Å²) in [6.45, 7) is 1.88. The van der Waals surface area contributed by atoms with Gasteiger partial charge in [0.15, 0.2) is 9.84 Å². The summed E-state index contributed by atoms with van der Waals surface area (Å²) in [5, 5.41) is 3.07. The average Bonchev–Trinajstić information content (AvgIpc) is 2.78. The van der Waals surface area contributed by atoms with Gasteiger partial charge in [-0.3, -0.25) is 4.79 Å². The highest BCUT2D eigenvalue weighted by atomic mass is 32.2. The topological polar surface area (TPSA) is 72.5 Å². The minimum Gasteiger partial charge on any atom is -0.465 e. The molecule has 1 saturated carbocycles. The molecule has 18 heavy (non-hydrogen) atoms. The van der Waals surface area contributed by atoms with Gasteiger partial charge in [0.2, 0.25) is 0 Å². The molecule has 0 saturated heterocycles. The van der Waals surface area contributed by atoms with Gasteiger partial charge in [-0.25, -0.2) is 8.42 Å². The summed E-state index contributed by atoms with van der Waals surface area (Å²) in [5.41, 5.74) is 0. The van der Waals surface area contributed by atoms with E-state index in [1.807, 2.05) is 0 Å². The number of carbonyl (C=O) groups is 1. The lowest BCUT2D eigenvalue weighted by molar-refractivity contribution is -0.139. The largest absolute Gasteiger partial charge is 0.465 e. The Labute approximate surface area is 109 Å². The zero-order chi connectivity index (χ0) is 13.6. The van der Waals surface area contributed by atoms with E-state index >= 15 is 0 Å². The molecule has 0 radical (unpaired) electrons. The fraction of sp³-hybridized carbons (Fsp3) is 0.917. The standard InChI is InChI=1S/C12H23NO4S/c1-3-17-12(14)9-18(15,16)8-11(13-2)10-6-4-5-7-10/h10-11,13H,3-9H2,1-2H3. The number of hydrogen-bond acceptors (Lipinski definition) is 5. The van der Waals surface area contributed by atoms with Crippen molar-refractivity contribution in [2.45, 2.75) is 38.6 Å². The summed E-state index contributed by atoms with van der Waals surface area (Å²) in [7, 11) is -1.61. The molecule has 1 atom stereocenters. The Balaban J connectivity index is 2.54. The lowest BCUT2D eigenvalue weighted by Crippen LogP contribution is -2.40. The monoisotopic (exact) mass is 277 g/mol. The Morgan fingerprint density at radius 2 is 2.00 bits per heavy atom. The molecule has 0 aromatic rings. The van der Waals surface area contributed by atoms with Crippen molar-refractivity contribution in [2.75, 3.05) is 25.2 Å². The predicted octanol–water partition coefficient (Wildman–Crippen LogP) is 0.742. The van der Waals surface area contributed by atoms with Crippen molar-refractivity contribution in [1.29, 1.82) is 0 Å². The first-order valence-corrected chi connectivity index (χ1v) is 8.34. The van der Waals surface area contributed by atoms with Gasteiger partial charge in [-0.1, -0.05) is 12.8 Å². The third-order valence-corrected chi connectivity index (χ3v) is 4.96. The van der Waals surface area contributed by atoms with Crippen LogP contribution in [0.1, 0.15) is 32.6 Å². The molecule has 0 aromatic carbocycles. The molecule has 0 bridgehead atoms. The van der Waals surface area contributed by atoms with Crippen LogP contribution in [0.2, 0.25) is 0 Å². The molecule has 0 aliphatic heterocycles. The lowest BCUT2D eigenvalue weighted by Gasteiger charge is -2.22. The maximum absolute atomic E-state index is 11.9. The second kappa shape index (κ2) is 7.09. The van der Waals surface area contributed by atoms with Gasteiger partial charge in [0, 0.05) is 6.04 Å². The molecule has 0 aromatic heterocycles. The van der Waals surface area contributed by atoms with Crippen LogP contribution < -0.4 is 5.32 Å². The van der Waals surface area contributed by atoms with Crippen LogP contribution >= 0.6 is 0 Å². The van der Waals surface area contributed by atoms with Crippen molar-refractivity contribution in [3.8, 4) is 0 Å². The molecule has 106 valence electrons. The molecule has 5 nitrogen and oxygen atoms in total. The van der Waals surface area contributed by atoms with Gasteiger partial charge in [0.25, 0.3) is 0 Å². The number of nitrogens with one attached hydrogen (secondary N) is 1. The number of rotatable bonds is 7. The summed E-state index contributed by atoms with van der Waals surface area (Å²) in [6.07, 6.45) is 4.47. The van der Waals surface area contributed by atoms with E-state index in [0.717, 1.165) is 12.8 Å². The van der Waals surface area contributed by atoms with E-state index in [1.165, 1.54) is 12.8 Å². The van der Waals surface area contributed by atoms with E-state index in [9.17, 15) is 13.2 Å². The minimum atomic E-state index is -3.39.